The number of Topliss-reactive ketones (excluding diaryl/α,β-unsaturated/α-hetero) is 1. The maximum Gasteiger partial charge on any atom is 0.501 e. The van der Waals surface area contributed by atoms with E-state index in [0.29, 0.717) is 11.1 Å². The Morgan fingerprint density at radius 1 is 1.38 bits per heavy atom. The molecule has 1 aliphatic carbocycles. The highest BCUT2D eigenvalue weighted by atomic mass is 32.2. The lowest BCUT2D eigenvalue weighted by Crippen LogP contribution is -2.25. The van der Waals surface area contributed by atoms with Crippen LogP contribution < -0.4 is 0 Å². The third kappa shape index (κ3) is 2.69. The Balaban J connectivity index is 2.67. The van der Waals surface area contributed by atoms with Crippen LogP contribution in [0.5, 0.6) is 0 Å². The quantitative estimate of drug-likeness (QED) is 0.925. The van der Waals surface area contributed by atoms with E-state index >= 15 is 0 Å². The predicted octanol–water partition coefficient (Wildman–Crippen LogP) is 2.09. The van der Waals surface area contributed by atoms with Crippen LogP contribution in [0, 0.1) is 0 Å². The summed E-state index contributed by atoms with van der Waals surface area (Å²) in [5.74, 6) is -0.190. The molecule has 0 radical (unpaired) electrons. The average molecular weight is 322 g/mol. The molecule has 1 aromatic rings. The lowest BCUT2D eigenvalue weighted by molar-refractivity contribution is -0.116. The number of fused-ring (bicyclic) bond motifs is 1. The standard InChI is InChI=1S/C13H13F3O4S/c1-7(17)6-8-2-5-11(21(19,20)13(14,15)16)12-9(8)3-4-10(12)18/h2,5,10,18H,3-4,6H2,1H3. The van der Waals surface area contributed by atoms with Crippen LogP contribution in [0.2, 0.25) is 0 Å². The summed E-state index contributed by atoms with van der Waals surface area (Å²) >= 11 is 0. The molecule has 116 valence electrons. The molecule has 0 saturated heterocycles. The van der Waals surface area contributed by atoms with E-state index in [0.717, 1.165) is 6.07 Å². The van der Waals surface area contributed by atoms with E-state index < -0.39 is 26.3 Å². The number of halogens is 3. The van der Waals surface area contributed by atoms with Crippen LogP contribution in [0.3, 0.4) is 0 Å². The zero-order valence-electron chi connectivity index (χ0n) is 11.1. The molecule has 21 heavy (non-hydrogen) atoms. The van der Waals surface area contributed by atoms with Gasteiger partial charge < -0.3 is 5.11 Å². The Bertz CT molecular complexity index is 692. The summed E-state index contributed by atoms with van der Waals surface area (Å²) in [6.07, 6.45) is -0.870. The Morgan fingerprint density at radius 2 is 2.00 bits per heavy atom. The van der Waals surface area contributed by atoms with Crippen molar-refractivity contribution in [3.63, 3.8) is 0 Å². The molecular weight excluding hydrogens is 309 g/mol. The van der Waals surface area contributed by atoms with Crippen molar-refractivity contribution in [3.8, 4) is 0 Å². The Hall–Kier alpha value is -1.41. The summed E-state index contributed by atoms with van der Waals surface area (Å²) in [4.78, 5) is 10.3. The van der Waals surface area contributed by atoms with Gasteiger partial charge in [-0.15, -0.1) is 0 Å². The Kier molecular flexibility index (Phi) is 3.88. The number of sulfone groups is 1. The molecule has 0 spiro atoms. The lowest BCUT2D eigenvalue weighted by Gasteiger charge is -2.16. The molecule has 1 aromatic carbocycles. The van der Waals surface area contributed by atoms with E-state index in [1.807, 2.05) is 0 Å². The molecule has 0 aliphatic heterocycles. The highest BCUT2D eigenvalue weighted by molar-refractivity contribution is 7.92. The largest absolute Gasteiger partial charge is 0.501 e. The number of hydrogen-bond donors (Lipinski definition) is 1. The normalized spacial score (nSPS) is 18.6. The minimum absolute atomic E-state index is 0.00139. The molecule has 1 N–H and O–H groups in total. The summed E-state index contributed by atoms with van der Waals surface area (Å²) in [6, 6.07) is 2.05. The van der Waals surface area contributed by atoms with Crippen LogP contribution in [-0.4, -0.2) is 24.8 Å². The van der Waals surface area contributed by atoms with Gasteiger partial charge in [-0.05, 0) is 37.0 Å². The molecule has 1 atom stereocenters. The zero-order valence-corrected chi connectivity index (χ0v) is 11.9. The number of aliphatic hydroxyl groups excluding tert-OH is 1. The molecule has 2 rings (SSSR count). The SMILES string of the molecule is CC(=O)Cc1ccc(S(=O)(=O)C(F)(F)F)c2c1CCC2O. The summed E-state index contributed by atoms with van der Waals surface area (Å²) in [7, 11) is -5.52. The van der Waals surface area contributed by atoms with Crippen LogP contribution in [0.1, 0.15) is 36.1 Å². The van der Waals surface area contributed by atoms with Crippen LogP contribution in [-0.2, 0) is 27.5 Å². The van der Waals surface area contributed by atoms with Crippen molar-refractivity contribution in [2.45, 2.75) is 42.7 Å². The minimum Gasteiger partial charge on any atom is -0.388 e. The van der Waals surface area contributed by atoms with Gasteiger partial charge in [-0.25, -0.2) is 8.42 Å². The first-order chi connectivity index (χ1) is 9.55. The molecule has 0 fully saturated rings. The van der Waals surface area contributed by atoms with Gasteiger partial charge in [0.15, 0.2) is 0 Å². The van der Waals surface area contributed by atoms with Crippen molar-refractivity contribution in [1.82, 2.24) is 0 Å². The fourth-order valence-corrected chi connectivity index (χ4v) is 3.61. The minimum atomic E-state index is -5.52. The number of carbonyl (C=O) groups excluding carboxylic acids is 1. The molecule has 8 heteroatoms. The third-order valence-corrected chi connectivity index (χ3v) is 4.99. The van der Waals surface area contributed by atoms with Gasteiger partial charge in [-0.3, -0.25) is 4.79 Å². The van der Waals surface area contributed by atoms with Crippen molar-refractivity contribution in [3.05, 3.63) is 28.8 Å². The van der Waals surface area contributed by atoms with Gasteiger partial charge in [0.05, 0.1) is 11.0 Å². The van der Waals surface area contributed by atoms with E-state index in [1.54, 1.807) is 0 Å². The van der Waals surface area contributed by atoms with Crippen LogP contribution in [0.25, 0.3) is 0 Å². The van der Waals surface area contributed by atoms with Gasteiger partial charge in [0.25, 0.3) is 9.84 Å². The van der Waals surface area contributed by atoms with Crippen molar-refractivity contribution in [2.24, 2.45) is 0 Å². The van der Waals surface area contributed by atoms with Crippen LogP contribution >= 0.6 is 0 Å². The Morgan fingerprint density at radius 3 is 2.52 bits per heavy atom. The van der Waals surface area contributed by atoms with E-state index in [9.17, 15) is 31.5 Å². The summed E-state index contributed by atoms with van der Waals surface area (Å²) < 4.78 is 61.3. The predicted molar refractivity (Wildman–Crippen MR) is 67.3 cm³/mol. The van der Waals surface area contributed by atoms with E-state index in [1.165, 1.54) is 13.0 Å². The molecule has 0 bridgehead atoms. The summed E-state index contributed by atoms with van der Waals surface area (Å²) in [5, 5.41) is 9.83. The van der Waals surface area contributed by atoms with Crippen molar-refractivity contribution < 1.29 is 31.5 Å². The molecular formula is C13H13F3O4S. The molecule has 0 aromatic heterocycles. The van der Waals surface area contributed by atoms with Crippen molar-refractivity contribution >= 4 is 15.6 Å². The van der Waals surface area contributed by atoms with Gasteiger partial charge in [-0.1, -0.05) is 6.07 Å². The van der Waals surface area contributed by atoms with Gasteiger partial charge in [-0.2, -0.15) is 13.2 Å². The highest BCUT2D eigenvalue weighted by Crippen LogP contribution is 2.42. The second-order valence-corrected chi connectivity index (χ2v) is 6.91. The average Bonchev–Trinajstić information content (AvgIpc) is 2.70. The second-order valence-electron chi connectivity index (χ2n) is 5.00. The number of ketones is 1. The van der Waals surface area contributed by atoms with Gasteiger partial charge in [0.2, 0.25) is 0 Å². The topological polar surface area (TPSA) is 71.4 Å². The molecule has 0 heterocycles. The first-order valence-electron chi connectivity index (χ1n) is 6.19. The van der Waals surface area contributed by atoms with Gasteiger partial charge in [0, 0.05) is 12.0 Å². The second kappa shape index (κ2) is 5.10. The summed E-state index contributed by atoms with van der Waals surface area (Å²) in [5.41, 5.74) is -4.84. The molecule has 1 aliphatic rings. The van der Waals surface area contributed by atoms with Crippen LogP contribution in [0.15, 0.2) is 17.0 Å². The maximum atomic E-state index is 12.7. The monoisotopic (exact) mass is 322 g/mol. The maximum absolute atomic E-state index is 12.7. The molecule has 4 nitrogen and oxygen atoms in total. The first kappa shape index (κ1) is 16.0. The number of hydrogen-bond acceptors (Lipinski definition) is 4. The molecule has 1 unspecified atom stereocenters. The van der Waals surface area contributed by atoms with Crippen molar-refractivity contribution in [2.75, 3.05) is 0 Å². The zero-order chi connectivity index (χ0) is 16.0. The van der Waals surface area contributed by atoms with Gasteiger partial charge >= 0.3 is 5.51 Å². The van der Waals surface area contributed by atoms with Gasteiger partial charge in [0.1, 0.15) is 5.78 Å². The van der Waals surface area contributed by atoms with E-state index in [-0.39, 0.29) is 30.6 Å². The summed E-state index contributed by atoms with van der Waals surface area (Å²) in [6.45, 7) is 1.33. The number of carbonyl (C=O) groups is 1. The fourth-order valence-electron chi connectivity index (χ4n) is 2.57. The number of aliphatic hydroxyl groups is 1. The molecule has 0 saturated carbocycles. The number of alkyl halides is 3. The highest BCUT2D eigenvalue weighted by Gasteiger charge is 2.49. The van der Waals surface area contributed by atoms with Crippen LogP contribution in [0.4, 0.5) is 13.2 Å². The fraction of sp³-hybridized carbons (Fsp3) is 0.462. The number of benzene rings is 1. The first-order valence-corrected chi connectivity index (χ1v) is 7.67. The molecule has 0 amide bonds. The van der Waals surface area contributed by atoms with E-state index in [2.05, 4.69) is 0 Å². The Labute approximate surface area is 119 Å². The lowest BCUT2D eigenvalue weighted by atomic mass is 9.99. The van der Waals surface area contributed by atoms with E-state index in [4.69, 9.17) is 0 Å². The number of rotatable bonds is 3. The smallest absolute Gasteiger partial charge is 0.388 e. The third-order valence-electron chi connectivity index (χ3n) is 3.45. The van der Waals surface area contributed by atoms with Crippen molar-refractivity contribution in [1.29, 1.82) is 0 Å².